The highest BCUT2D eigenvalue weighted by Gasteiger charge is 2.24. The Hall–Kier alpha value is -2.76. The maximum atomic E-state index is 12.8. The molecule has 0 fully saturated rings. The van der Waals surface area contributed by atoms with Crippen LogP contribution in [0.25, 0.3) is 0 Å². The number of benzene rings is 1. The van der Waals surface area contributed by atoms with Crippen LogP contribution in [0.15, 0.2) is 36.7 Å². The maximum Gasteiger partial charge on any atom is 0.320 e. The van der Waals surface area contributed by atoms with E-state index in [0.29, 0.717) is 25.4 Å². The standard InChI is InChI=1S/C20H25N3O3/c1-22(10-6-15-4-8-21-9-5-15)20(24)23-11-7-16-12-18(25-2)19(26-3)13-17(16)14-23/h4-5,8-9,12-13H,6-7,10-11,14H2,1-3H3. The molecule has 0 saturated heterocycles. The number of aromatic nitrogens is 1. The Morgan fingerprint density at radius 2 is 1.81 bits per heavy atom. The summed E-state index contributed by atoms with van der Waals surface area (Å²) in [5, 5.41) is 0. The summed E-state index contributed by atoms with van der Waals surface area (Å²) in [4.78, 5) is 20.5. The van der Waals surface area contributed by atoms with Crippen molar-refractivity contribution in [1.29, 1.82) is 0 Å². The van der Waals surface area contributed by atoms with Crippen LogP contribution in [-0.2, 0) is 19.4 Å². The van der Waals surface area contributed by atoms with Gasteiger partial charge in [0.2, 0.25) is 0 Å². The number of carbonyl (C=O) groups excluding carboxylic acids is 1. The van der Waals surface area contributed by atoms with E-state index in [1.54, 1.807) is 31.5 Å². The van der Waals surface area contributed by atoms with Crippen LogP contribution >= 0.6 is 0 Å². The first kappa shape index (κ1) is 18.0. The van der Waals surface area contributed by atoms with Gasteiger partial charge in [-0.3, -0.25) is 4.98 Å². The lowest BCUT2D eigenvalue weighted by Crippen LogP contribution is -2.44. The average molecular weight is 355 g/mol. The maximum absolute atomic E-state index is 12.8. The Morgan fingerprint density at radius 1 is 1.15 bits per heavy atom. The molecule has 0 spiro atoms. The zero-order chi connectivity index (χ0) is 18.5. The smallest absolute Gasteiger partial charge is 0.320 e. The lowest BCUT2D eigenvalue weighted by molar-refractivity contribution is 0.158. The first-order valence-electron chi connectivity index (χ1n) is 8.75. The number of hydrogen-bond acceptors (Lipinski definition) is 4. The Bertz CT molecular complexity index is 764. The van der Waals surface area contributed by atoms with Crippen molar-refractivity contribution in [2.75, 3.05) is 34.4 Å². The van der Waals surface area contributed by atoms with E-state index in [1.807, 2.05) is 36.2 Å². The quantitative estimate of drug-likeness (QED) is 0.828. The minimum atomic E-state index is 0.0551. The molecule has 1 aromatic carbocycles. The van der Waals surface area contributed by atoms with Crippen LogP contribution < -0.4 is 9.47 Å². The zero-order valence-electron chi connectivity index (χ0n) is 15.6. The topological polar surface area (TPSA) is 54.9 Å². The van der Waals surface area contributed by atoms with Crippen molar-refractivity contribution in [3.8, 4) is 11.5 Å². The molecule has 0 aliphatic carbocycles. The van der Waals surface area contributed by atoms with Crippen LogP contribution in [-0.4, -0.2) is 55.2 Å². The molecule has 26 heavy (non-hydrogen) atoms. The number of likely N-dealkylation sites (N-methyl/N-ethyl adjacent to an activating group) is 1. The second-order valence-corrected chi connectivity index (χ2v) is 6.46. The number of carbonyl (C=O) groups is 1. The molecule has 0 unspecified atom stereocenters. The van der Waals surface area contributed by atoms with Gasteiger partial charge < -0.3 is 19.3 Å². The molecule has 0 atom stereocenters. The summed E-state index contributed by atoms with van der Waals surface area (Å²) in [6.07, 6.45) is 5.20. The molecule has 0 radical (unpaired) electrons. The molecule has 0 N–H and O–H groups in total. The van der Waals surface area contributed by atoms with Crippen molar-refractivity contribution >= 4 is 6.03 Å². The van der Waals surface area contributed by atoms with Crippen LogP contribution in [0.5, 0.6) is 11.5 Å². The number of ether oxygens (including phenoxy) is 2. The molecule has 0 saturated carbocycles. The first-order valence-corrected chi connectivity index (χ1v) is 8.75. The largest absolute Gasteiger partial charge is 0.493 e. The summed E-state index contributed by atoms with van der Waals surface area (Å²) in [5.74, 6) is 1.44. The molecule has 1 aliphatic heterocycles. The van der Waals surface area contributed by atoms with Crippen LogP contribution in [0, 0.1) is 0 Å². The Balaban J connectivity index is 1.64. The van der Waals surface area contributed by atoms with Crippen molar-refractivity contribution in [2.45, 2.75) is 19.4 Å². The zero-order valence-corrected chi connectivity index (χ0v) is 15.6. The lowest BCUT2D eigenvalue weighted by atomic mass is 9.99. The van der Waals surface area contributed by atoms with Gasteiger partial charge in [0.15, 0.2) is 11.5 Å². The number of fused-ring (bicyclic) bond motifs is 1. The van der Waals surface area contributed by atoms with Gasteiger partial charge in [0.05, 0.1) is 14.2 Å². The number of nitrogens with zero attached hydrogens (tertiary/aromatic N) is 3. The molecule has 6 heteroatoms. The van der Waals surface area contributed by atoms with Gasteiger partial charge >= 0.3 is 6.03 Å². The van der Waals surface area contributed by atoms with Crippen LogP contribution in [0.1, 0.15) is 16.7 Å². The third-order valence-corrected chi connectivity index (χ3v) is 4.80. The number of rotatable bonds is 5. The third-order valence-electron chi connectivity index (χ3n) is 4.80. The summed E-state index contributed by atoms with van der Waals surface area (Å²) in [7, 11) is 5.12. The monoisotopic (exact) mass is 355 g/mol. The minimum Gasteiger partial charge on any atom is -0.493 e. The Morgan fingerprint density at radius 3 is 2.46 bits per heavy atom. The highest BCUT2D eigenvalue weighted by atomic mass is 16.5. The summed E-state index contributed by atoms with van der Waals surface area (Å²) in [6, 6.07) is 8.01. The Labute approximate surface area is 154 Å². The second-order valence-electron chi connectivity index (χ2n) is 6.46. The predicted molar refractivity (Wildman–Crippen MR) is 99.6 cm³/mol. The van der Waals surface area contributed by atoms with E-state index in [4.69, 9.17) is 9.47 Å². The highest BCUT2D eigenvalue weighted by Crippen LogP contribution is 2.33. The van der Waals surface area contributed by atoms with Crippen molar-refractivity contribution in [2.24, 2.45) is 0 Å². The molecular weight excluding hydrogens is 330 g/mol. The number of pyridine rings is 1. The van der Waals surface area contributed by atoms with Crippen molar-refractivity contribution in [3.05, 3.63) is 53.3 Å². The van der Waals surface area contributed by atoms with E-state index in [0.717, 1.165) is 24.2 Å². The van der Waals surface area contributed by atoms with E-state index >= 15 is 0 Å². The van der Waals surface area contributed by atoms with Crippen molar-refractivity contribution in [3.63, 3.8) is 0 Å². The fourth-order valence-electron chi connectivity index (χ4n) is 3.23. The molecule has 0 bridgehead atoms. The normalized spacial score (nSPS) is 13.1. The van der Waals surface area contributed by atoms with Gasteiger partial charge in [-0.25, -0.2) is 4.79 Å². The summed E-state index contributed by atoms with van der Waals surface area (Å²) >= 11 is 0. The molecule has 2 amide bonds. The summed E-state index contributed by atoms with van der Waals surface area (Å²) in [6.45, 7) is 1.98. The van der Waals surface area contributed by atoms with Gasteiger partial charge in [0.1, 0.15) is 0 Å². The van der Waals surface area contributed by atoms with E-state index < -0.39 is 0 Å². The van der Waals surface area contributed by atoms with Crippen LogP contribution in [0.2, 0.25) is 0 Å². The van der Waals surface area contributed by atoms with E-state index in [9.17, 15) is 4.79 Å². The molecule has 1 aromatic heterocycles. The van der Waals surface area contributed by atoms with E-state index in [1.165, 1.54) is 11.1 Å². The van der Waals surface area contributed by atoms with Gasteiger partial charge in [-0.1, -0.05) is 0 Å². The number of methoxy groups -OCH3 is 2. The lowest BCUT2D eigenvalue weighted by Gasteiger charge is -2.32. The first-order chi connectivity index (χ1) is 12.6. The van der Waals surface area contributed by atoms with Gasteiger partial charge in [0, 0.05) is 39.1 Å². The number of amides is 2. The fraction of sp³-hybridized carbons (Fsp3) is 0.400. The summed E-state index contributed by atoms with van der Waals surface area (Å²) < 4.78 is 10.8. The van der Waals surface area contributed by atoms with Gasteiger partial charge in [0.25, 0.3) is 0 Å². The third kappa shape index (κ3) is 3.90. The molecule has 3 rings (SSSR count). The number of urea groups is 1. The van der Waals surface area contributed by atoms with Crippen molar-refractivity contribution < 1.29 is 14.3 Å². The van der Waals surface area contributed by atoms with E-state index in [-0.39, 0.29) is 6.03 Å². The second kappa shape index (κ2) is 8.08. The highest BCUT2D eigenvalue weighted by molar-refractivity contribution is 5.74. The van der Waals surface area contributed by atoms with Crippen LogP contribution in [0.4, 0.5) is 4.79 Å². The average Bonchev–Trinajstić information content (AvgIpc) is 2.70. The molecule has 2 heterocycles. The van der Waals surface area contributed by atoms with Crippen LogP contribution in [0.3, 0.4) is 0 Å². The van der Waals surface area contributed by atoms with Gasteiger partial charge in [-0.15, -0.1) is 0 Å². The SMILES string of the molecule is COc1cc2c(cc1OC)CN(C(=O)N(C)CCc1ccncc1)CC2. The minimum absolute atomic E-state index is 0.0551. The molecule has 1 aliphatic rings. The van der Waals surface area contributed by atoms with Crippen molar-refractivity contribution in [1.82, 2.24) is 14.8 Å². The molecule has 138 valence electrons. The summed E-state index contributed by atoms with van der Waals surface area (Å²) in [5.41, 5.74) is 3.51. The van der Waals surface area contributed by atoms with Gasteiger partial charge in [-0.2, -0.15) is 0 Å². The Kier molecular flexibility index (Phi) is 5.61. The van der Waals surface area contributed by atoms with E-state index in [2.05, 4.69) is 4.98 Å². The molecular formula is C20H25N3O3. The fourth-order valence-corrected chi connectivity index (χ4v) is 3.23. The predicted octanol–water partition coefficient (Wildman–Crippen LogP) is 2.75. The number of hydrogen-bond donors (Lipinski definition) is 0. The molecule has 6 nitrogen and oxygen atoms in total. The molecule has 2 aromatic rings. The van der Waals surface area contributed by atoms with Gasteiger partial charge in [-0.05, 0) is 53.8 Å².